The molecule has 0 aromatic rings. The van der Waals surface area contributed by atoms with Crippen molar-refractivity contribution in [2.24, 2.45) is 17.6 Å². The third-order valence-electron chi connectivity index (χ3n) is 4.65. The molecule has 0 bridgehead atoms. The van der Waals surface area contributed by atoms with Gasteiger partial charge in [-0.2, -0.15) is 4.31 Å². The van der Waals surface area contributed by atoms with E-state index in [2.05, 4.69) is 0 Å². The lowest BCUT2D eigenvalue weighted by molar-refractivity contribution is -0.133. The van der Waals surface area contributed by atoms with Crippen molar-refractivity contribution in [1.82, 2.24) is 9.21 Å². The van der Waals surface area contributed by atoms with Crippen LogP contribution in [-0.4, -0.2) is 61.9 Å². The number of hydrogen-bond donors (Lipinski definition) is 1. The average Bonchev–Trinajstić information content (AvgIpc) is 2.79. The van der Waals surface area contributed by atoms with Crippen LogP contribution in [-0.2, 0) is 19.6 Å². The minimum Gasteiger partial charge on any atom is -0.369 e. The summed E-state index contributed by atoms with van der Waals surface area (Å²) in [4.78, 5) is 25.6. The highest BCUT2D eigenvalue weighted by Crippen LogP contribution is 2.28. The molecule has 1 aliphatic heterocycles. The van der Waals surface area contributed by atoms with Crippen molar-refractivity contribution in [3.05, 3.63) is 0 Å². The Bertz CT molecular complexity index is 528. The van der Waals surface area contributed by atoms with E-state index < -0.39 is 21.8 Å². The molecule has 2 rings (SSSR count). The molecule has 8 heteroatoms. The van der Waals surface area contributed by atoms with Crippen LogP contribution in [0, 0.1) is 11.8 Å². The SMILES string of the molecule is CS(=O)(=O)N1CCN(C(=O)CC2CCCC2)CC(C(N)=O)C1. The van der Waals surface area contributed by atoms with Gasteiger partial charge in [0.15, 0.2) is 0 Å². The van der Waals surface area contributed by atoms with E-state index in [9.17, 15) is 18.0 Å². The second kappa shape index (κ2) is 6.95. The van der Waals surface area contributed by atoms with Gasteiger partial charge in [-0.15, -0.1) is 0 Å². The maximum atomic E-state index is 12.4. The number of nitrogens with zero attached hydrogens (tertiary/aromatic N) is 2. The minimum absolute atomic E-state index is 0.00787. The quantitative estimate of drug-likeness (QED) is 0.769. The normalized spacial score (nSPS) is 25.1. The molecule has 22 heavy (non-hydrogen) atoms. The van der Waals surface area contributed by atoms with Crippen molar-refractivity contribution in [2.75, 3.05) is 32.4 Å². The fraction of sp³-hybridized carbons (Fsp3) is 0.857. The molecule has 7 nitrogen and oxygen atoms in total. The van der Waals surface area contributed by atoms with Crippen LogP contribution in [0.5, 0.6) is 0 Å². The summed E-state index contributed by atoms with van der Waals surface area (Å²) in [6.45, 7) is 0.815. The summed E-state index contributed by atoms with van der Waals surface area (Å²) in [5.41, 5.74) is 5.37. The molecule has 1 atom stereocenters. The number of carbonyl (C=O) groups is 2. The van der Waals surface area contributed by atoms with E-state index in [0.717, 1.165) is 19.1 Å². The van der Waals surface area contributed by atoms with Crippen LogP contribution < -0.4 is 5.73 Å². The molecule has 0 spiro atoms. The van der Waals surface area contributed by atoms with Gasteiger partial charge in [0.1, 0.15) is 0 Å². The van der Waals surface area contributed by atoms with Crippen LogP contribution in [0.25, 0.3) is 0 Å². The summed E-state index contributed by atoms with van der Waals surface area (Å²) in [5, 5.41) is 0. The molecule has 1 saturated heterocycles. The molecule has 1 unspecified atom stereocenters. The first-order valence-corrected chi connectivity index (χ1v) is 9.64. The van der Waals surface area contributed by atoms with Crippen LogP contribution in [0.3, 0.4) is 0 Å². The van der Waals surface area contributed by atoms with Gasteiger partial charge in [-0.3, -0.25) is 9.59 Å². The smallest absolute Gasteiger partial charge is 0.223 e. The van der Waals surface area contributed by atoms with Crippen LogP contribution in [0.2, 0.25) is 0 Å². The van der Waals surface area contributed by atoms with E-state index >= 15 is 0 Å². The second-order valence-corrected chi connectivity index (χ2v) is 8.40. The van der Waals surface area contributed by atoms with E-state index in [1.807, 2.05) is 0 Å². The van der Waals surface area contributed by atoms with Gasteiger partial charge in [-0.1, -0.05) is 12.8 Å². The first-order chi connectivity index (χ1) is 10.3. The Morgan fingerprint density at radius 2 is 1.77 bits per heavy atom. The molecule has 0 radical (unpaired) electrons. The highest BCUT2D eigenvalue weighted by Gasteiger charge is 2.33. The topological polar surface area (TPSA) is 101 Å². The van der Waals surface area contributed by atoms with Gasteiger partial charge in [0.25, 0.3) is 0 Å². The highest BCUT2D eigenvalue weighted by molar-refractivity contribution is 7.88. The number of hydrogen-bond acceptors (Lipinski definition) is 4. The van der Waals surface area contributed by atoms with Crippen molar-refractivity contribution in [3.8, 4) is 0 Å². The number of sulfonamides is 1. The fourth-order valence-corrected chi connectivity index (χ4v) is 4.15. The highest BCUT2D eigenvalue weighted by atomic mass is 32.2. The lowest BCUT2D eigenvalue weighted by Crippen LogP contribution is -2.41. The van der Waals surface area contributed by atoms with Gasteiger partial charge >= 0.3 is 0 Å². The van der Waals surface area contributed by atoms with E-state index in [-0.39, 0.29) is 25.5 Å². The number of rotatable bonds is 4. The molecular formula is C14H25N3O4S. The second-order valence-electron chi connectivity index (χ2n) is 6.41. The molecular weight excluding hydrogens is 306 g/mol. The summed E-state index contributed by atoms with van der Waals surface area (Å²) >= 11 is 0. The van der Waals surface area contributed by atoms with Crippen LogP contribution in [0.4, 0.5) is 0 Å². The van der Waals surface area contributed by atoms with E-state index in [1.54, 1.807) is 4.90 Å². The molecule has 2 N–H and O–H groups in total. The third kappa shape index (κ3) is 4.42. The summed E-state index contributed by atoms with van der Waals surface area (Å²) in [6.07, 6.45) is 6.10. The third-order valence-corrected chi connectivity index (χ3v) is 5.92. The van der Waals surface area contributed by atoms with Crippen LogP contribution in [0.15, 0.2) is 0 Å². The molecule has 126 valence electrons. The molecule has 1 aliphatic carbocycles. The summed E-state index contributed by atoms with van der Waals surface area (Å²) in [7, 11) is -3.40. The van der Waals surface area contributed by atoms with Crippen molar-refractivity contribution >= 4 is 21.8 Å². The van der Waals surface area contributed by atoms with Crippen LogP contribution in [0.1, 0.15) is 32.1 Å². The van der Waals surface area contributed by atoms with Gasteiger partial charge in [0, 0.05) is 32.6 Å². The standard InChI is InChI=1S/C14H25N3O4S/c1-22(20,21)17-7-6-16(9-12(10-17)14(15)19)13(18)8-11-4-2-3-5-11/h11-12H,2-10H2,1H3,(H2,15,19). The Labute approximate surface area is 131 Å². The maximum absolute atomic E-state index is 12.4. The van der Waals surface area contributed by atoms with E-state index in [1.165, 1.54) is 17.1 Å². The van der Waals surface area contributed by atoms with E-state index in [4.69, 9.17) is 5.73 Å². The molecule has 1 heterocycles. The summed E-state index contributed by atoms with van der Waals surface area (Å²) in [6, 6.07) is 0. The lowest BCUT2D eigenvalue weighted by atomic mass is 10.0. The molecule has 0 aromatic carbocycles. The Kier molecular flexibility index (Phi) is 5.44. The van der Waals surface area contributed by atoms with Gasteiger partial charge < -0.3 is 10.6 Å². The molecule has 2 amide bonds. The number of carbonyl (C=O) groups excluding carboxylic acids is 2. The maximum Gasteiger partial charge on any atom is 0.223 e. The predicted octanol–water partition coefficient (Wildman–Crippen LogP) is -0.228. The van der Waals surface area contributed by atoms with Gasteiger partial charge in [0.05, 0.1) is 12.2 Å². The minimum atomic E-state index is -3.40. The van der Waals surface area contributed by atoms with Crippen molar-refractivity contribution < 1.29 is 18.0 Å². The van der Waals surface area contributed by atoms with E-state index in [0.29, 0.717) is 18.9 Å². The zero-order valence-corrected chi connectivity index (χ0v) is 13.8. The fourth-order valence-electron chi connectivity index (χ4n) is 3.28. The predicted molar refractivity (Wildman–Crippen MR) is 82.3 cm³/mol. The lowest BCUT2D eigenvalue weighted by Gasteiger charge is -2.24. The average molecular weight is 331 g/mol. The monoisotopic (exact) mass is 331 g/mol. The molecule has 1 saturated carbocycles. The number of primary amides is 1. The van der Waals surface area contributed by atoms with Gasteiger partial charge in [-0.05, 0) is 18.8 Å². The van der Waals surface area contributed by atoms with Crippen molar-refractivity contribution in [1.29, 1.82) is 0 Å². The zero-order chi connectivity index (χ0) is 16.3. The molecule has 2 fully saturated rings. The molecule has 2 aliphatic rings. The van der Waals surface area contributed by atoms with Crippen molar-refractivity contribution in [3.63, 3.8) is 0 Å². The van der Waals surface area contributed by atoms with Crippen LogP contribution >= 0.6 is 0 Å². The number of nitrogens with two attached hydrogens (primary N) is 1. The zero-order valence-electron chi connectivity index (χ0n) is 13.0. The van der Waals surface area contributed by atoms with Gasteiger partial charge in [0.2, 0.25) is 21.8 Å². The van der Waals surface area contributed by atoms with Gasteiger partial charge in [-0.25, -0.2) is 8.42 Å². The Balaban J connectivity index is 2.05. The first kappa shape index (κ1) is 17.2. The number of amides is 2. The Hall–Kier alpha value is -1.15. The first-order valence-electron chi connectivity index (χ1n) is 7.79. The molecule has 0 aromatic heterocycles. The summed E-state index contributed by atoms with van der Waals surface area (Å²) < 4.78 is 24.7. The Morgan fingerprint density at radius 1 is 1.14 bits per heavy atom. The largest absolute Gasteiger partial charge is 0.369 e. The van der Waals surface area contributed by atoms with Crippen molar-refractivity contribution in [2.45, 2.75) is 32.1 Å². The summed E-state index contributed by atoms with van der Waals surface area (Å²) in [5.74, 6) is -0.777. The Morgan fingerprint density at radius 3 is 2.32 bits per heavy atom.